The maximum Gasteiger partial charge on any atom is 0.416 e. The summed E-state index contributed by atoms with van der Waals surface area (Å²) >= 11 is 0. The highest BCUT2D eigenvalue weighted by Gasteiger charge is 2.30. The van der Waals surface area contributed by atoms with Crippen LogP contribution < -0.4 is 0 Å². The number of unbranched alkanes of at least 4 members (excludes halogenated alkanes) is 1. The number of alkyl halides is 6. The molecule has 0 nitrogen and oxygen atoms in total. The van der Waals surface area contributed by atoms with Crippen LogP contribution in [-0.4, -0.2) is 0 Å². The third kappa shape index (κ3) is 12.3. The lowest BCUT2D eigenvalue weighted by Crippen LogP contribution is -2.13. The second-order valence-corrected chi connectivity index (χ2v) is 12.1. The lowest BCUT2D eigenvalue weighted by molar-refractivity contribution is -0.138. The van der Waals surface area contributed by atoms with Crippen molar-refractivity contribution in [2.75, 3.05) is 0 Å². The number of halogens is 6. The molecule has 0 N–H and O–H groups in total. The fourth-order valence-electron chi connectivity index (χ4n) is 5.95. The minimum Gasteiger partial charge on any atom is -0.166 e. The van der Waals surface area contributed by atoms with Gasteiger partial charge in [-0.3, -0.25) is 0 Å². The Labute approximate surface area is 254 Å². The first-order valence-electron chi connectivity index (χ1n) is 15.9. The van der Waals surface area contributed by atoms with Crippen LogP contribution in [0.25, 0.3) is 0 Å². The second kappa shape index (κ2) is 16.8. The summed E-state index contributed by atoms with van der Waals surface area (Å²) in [4.78, 5) is 0. The fourth-order valence-corrected chi connectivity index (χ4v) is 5.95. The molecule has 0 heterocycles. The lowest BCUT2D eigenvalue weighted by atomic mass is 9.80. The molecule has 2 aliphatic carbocycles. The van der Waals surface area contributed by atoms with Gasteiger partial charge in [-0.05, 0) is 112 Å². The molecule has 0 aromatic heterocycles. The van der Waals surface area contributed by atoms with E-state index < -0.39 is 23.5 Å². The molecule has 0 unspecified atom stereocenters. The van der Waals surface area contributed by atoms with Crippen molar-refractivity contribution < 1.29 is 26.3 Å². The highest BCUT2D eigenvalue weighted by Crippen LogP contribution is 2.33. The molecule has 4 rings (SSSR count). The van der Waals surface area contributed by atoms with Crippen LogP contribution in [0.1, 0.15) is 120 Å². The molecule has 0 spiro atoms. The van der Waals surface area contributed by atoms with Gasteiger partial charge in [0.2, 0.25) is 0 Å². The molecule has 2 aromatic carbocycles. The zero-order valence-corrected chi connectivity index (χ0v) is 25.4. The molecule has 2 aliphatic rings. The van der Waals surface area contributed by atoms with E-state index in [0.717, 1.165) is 61.8 Å². The van der Waals surface area contributed by atoms with Gasteiger partial charge < -0.3 is 0 Å². The average molecular weight is 603 g/mol. The van der Waals surface area contributed by atoms with Gasteiger partial charge in [0, 0.05) is 23.0 Å². The Hall–Kier alpha value is -2.86. The molecular weight excluding hydrogens is 558 g/mol. The zero-order chi connectivity index (χ0) is 31.3. The molecule has 6 heteroatoms. The maximum absolute atomic E-state index is 12.5. The van der Waals surface area contributed by atoms with Crippen molar-refractivity contribution in [3.05, 3.63) is 70.8 Å². The fraction of sp³-hybridized carbons (Fsp3) is 0.568. The van der Waals surface area contributed by atoms with E-state index in [2.05, 4.69) is 37.5 Å². The van der Waals surface area contributed by atoms with E-state index >= 15 is 0 Å². The minimum atomic E-state index is -4.27. The number of benzene rings is 2. The highest BCUT2D eigenvalue weighted by atomic mass is 19.4. The highest BCUT2D eigenvalue weighted by molar-refractivity contribution is 5.38. The van der Waals surface area contributed by atoms with Crippen LogP contribution in [0, 0.1) is 47.4 Å². The summed E-state index contributed by atoms with van der Waals surface area (Å²) in [5.41, 5.74) is 0.0994. The predicted octanol–water partition coefficient (Wildman–Crippen LogP) is 11.7. The number of hydrogen-bond acceptors (Lipinski definition) is 0. The summed E-state index contributed by atoms with van der Waals surface area (Å²) < 4.78 is 74.8. The third-order valence-corrected chi connectivity index (χ3v) is 8.62. The molecule has 0 amide bonds. The van der Waals surface area contributed by atoms with Crippen molar-refractivity contribution in [3.8, 4) is 23.7 Å². The Morgan fingerprint density at radius 1 is 0.535 bits per heavy atom. The van der Waals surface area contributed by atoms with Crippen molar-refractivity contribution in [1.82, 2.24) is 0 Å². The average Bonchev–Trinajstić information content (AvgIpc) is 2.99. The molecule has 2 saturated carbocycles. The Balaban J connectivity index is 0.000000236. The molecular formula is C37H44F6. The van der Waals surface area contributed by atoms with Crippen LogP contribution in [0.4, 0.5) is 26.3 Å². The summed E-state index contributed by atoms with van der Waals surface area (Å²) in [5.74, 6) is 15.0. The molecule has 0 radical (unpaired) electrons. The first kappa shape index (κ1) is 34.6. The first-order valence-corrected chi connectivity index (χ1v) is 15.9. The van der Waals surface area contributed by atoms with E-state index in [1.165, 1.54) is 82.1 Å². The van der Waals surface area contributed by atoms with Gasteiger partial charge in [0.15, 0.2) is 0 Å². The molecule has 0 aliphatic heterocycles. The van der Waals surface area contributed by atoms with E-state index in [0.29, 0.717) is 23.0 Å². The van der Waals surface area contributed by atoms with E-state index in [9.17, 15) is 26.3 Å². The van der Waals surface area contributed by atoms with E-state index in [4.69, 9.17) is 0 Å². The largest absolute Gasteiger partial charge is 0.416 e. The van der Waals surface area contributed by atoms with Gasteiger partial charge in [0.1, 0.15) is 0 Å². The van der Waals surface area contributed by atoms with Crippen molar-refractivity contribution in [2.24, 2.45) is 23.7 Å². The van der Waals surface area contributed by atoms with Gasteiger partial charge in [-0.25, -0.2) is 0 Å². The standard InChI is InChI=1S/C19H23F3.C18H21F3/c1-2-3-4-15-5-7-16(8-6-15)9-10-17-11-13-18(14-12-17)19(20,21)22;1-2-3-14-4-6-15(7-5-14)8-9-16-10-12-17(13-11-16)18(19,20)21/h11-16H,2-8H2,1H3;10-15H,2-7H2,1H3. The smallest absolute Gasteiger partial charge is 0.166 e. The van der Waals surface area contributed by atoms with Gasteiger partial charge in [0.25, 0.3) is 0 Å². The van der Waals surface area contributed by atoms with Gasteiger partial charge in [0.05, 0.1) is 11.1 Å². The van der Waals surface area contributed by atoms with Crippen LogP contribution in [-0.2, 0) is 12.4 Å². The van der Waals surface area contributed by atoms with E-state index in [1.807, 2.05) is 0 Å². The Bertz CT molecular complexity index is 1200. The van der Waals surface area contributed by atoms with Crippen LogP contribution in [0.5, 0.6) is 0 Å². The minimum absolute atomic E-state index is 0.403. The van der Waals surface area contributed by atoms with Crippen molar-refractivity contribution in [3.63, 3.8) is 0 Å². The molecule has 234 valence electrons. The summed E-state index contributed by atoms with van der Waals surface area (Å²) in [6.45, 7) is 4.44. The maximum atomic E-state index is 12.5. The van der Waals surface area contributed by atoms with Crippen LogP contribution in [0.3, 0.4) is 0 Å². The van der Waals surface area contributed by atoms with Gasteiger partial charge >= 0.3 is 12.4 Å². The normalized spacial score (nSPS) is 22.2. The van der Waals surface area contributed by atoms with Crippen LogP contribution in [0.2, 0.25) is 0 Å². The van der Waals surface area contributed by atoms with Gasteiger partial charge in [-0.1, -0.05) is 69.6 Å². The third-order valence-electron chi connectivity index (χ3n) is 8.62. The van der Waals surface area contributed by atoms with Crippen LogP contribution >= 0.6 is 0 Å². The van der Waals surface area contributed by atoms with Gasteiger partial charge in [-0.15, -0.1) is 0 Å². The number of rotatable bonds is 5. The molecule has 2 fully saturated rings. The Morgan fingerprint density at radius 3 is 1.23 bits per heavy atom. The topological polar surface area (TPSA) is 0 Å². The molecule has 2 aromatic rings. The first-order chi connectivity index (χ1) is 20.5. The Morgan fingerprint density at radius 2 is 0.907 bits per heavy atom. The van der Waals surface area contributed by atoms with Crippen molar-refractivity contribution >= 4 is 0 Å². The van der Waals surface area contributed by atoms with Crippen LogP contribution in [0.15, 0.2) is 48.5 Å². The van der Waals surface area contributed by atoms with Crippen molar-refractivity contribution in [2.45, 2.75) is 110 Å². The predicted molar refractivity (Wildman–Crippen MR) is 162 cm³/mol. The van der Waals surface area contributed by atoms with Crippen molar-refractivity contribution in [1.29, 1.82) is 0 Å². The molecule has 43 heavy (non-hydrogen) atoms. The summed E-state index contributed by atoms with van der Waals surface area (Å²) in [7, 11) is 0. The quantitative estimate of drug-likeness (QED) is 0.236. The summed E-state index contributed by atoms with van der Waals surface area (Å²) in [6, 6.07) is 10.2. The SMILES string of the molecule is CCCC1CCC(C#Cc2ccc(C(F)(F)F)cc2)CC1.CCCCC1CCC(C#Cc2ccc(C(F)(F)F)cc2)CC1. The summed E-state index contributed by atoms with van der Waals surface area (Å²) in [5, 5.41) is 0. The molecule has 0 saturated heterocycles. The number of hydrogen-bond donors (Lipinski definition) is 0. The Kier molecular flexibility index (Phi) is 13.6. The summed E-state index contributed by atoms with van der Waals surface area (Å²) in [6.07, 6.45) is 7.35. The van der Waals surface area contributed by atoms with Gasteiger partial charge in [-0.2, -0.15) is 26.3 Å². The second-order valence-electron chi connectivity index (χ2n) is 12.1. The zero-order valence-electron chi connectivity index (χ0n) is 25.4. The van der Waals surface area contributed by atoms with E-state index in [-0.39, 0.29) is 0 Å². The molecule has 0 bridgehead atoms. The monoisotopic (exact) mass is 602 g/mol. The van der Waals surface area contributed by atoms with E-state index in [1.54, 1.807) is 0 Å². The lowest BCUT2D eigenvalue weighted by Gasteiger charge is -2.25. The molecule has 0 atom stereocenters.